The maximum absolute atomic E-state index is 12.2. The average Bonchev–Trinajstić information content (AvgIpc) is 3.21. The first-order chi connectivity index (χ1) is 11.4. The fourth-order valence-electron chi connectivity index (χ4n) is 3.12. The molecule has 25 heavy (non-hydrogen) atoms. The van der Waals surface area contributed by atoms with E-state index in [1.807, 2.05) is 32.9 Å². The number of hydrogen-bond acceptors (Lipinski definition) is 4. The van der Waals surface area contributed by atoms with Gasteiger partial charge in [0.25, 0.3) is 0 Å². The fraction of sp³-hybridized carbons (Fsp3) is 0.650. The summed E-state index contributed by atoms with van der Waals surface area (Å²) in [4.78, 5) is 12.2. The second-order valence-corrected chi connectivity index (χ2v) is 9.24. The lowest BCUT2D eigenvalue weighted by molar-refractivity contribution is -0.156. The topological polar surface area (TPSA) is 44.8 Å². The van der Waals surface area contributed by atoms with Gasteiger partial charge < -0.3 is 14.0 Å². The van der Waals surface area contributed by atoms with Crippen molar-refractivity contribution in [1.82, 2.24) is 0 Å². The van der Waals surface area contributed by atoms with Crippen molar-refractivity contribution in [3.63, 3.8) is 0 Å². The number of rotatable bonds is 3. The lowest BCUT2D eigenvalue weighted by Gasteiger charge is -2.32. The highest BCUT2D eigenvalue weighted by atomic mass is 16.7. The molecule has 0 spiro atoms. The van der Waals surface area contributed by atoms with Crippen molar-refractivity contribution in [2.45, 2.75) is 77.6 Å². The van der Waals surface area contributed by atoms with Crippen LogP contribution in [0.25, 0.3) is 0 Å². The van der Waals surface area contributed by atoms with E-state index in [4.69, 9.17) is 14.0 Å². The van der Waals surface area contributed by atoms with Crippen LogP contribution in [-0.2, 0) is 18.8 Å². The van der Waals surface area contributed by atoms with Gasteiger partial charge >= 0.3 is 13.1 Å². The summed E-state index contributed by atoms with van der Waals surface area (Å²) in [5.74, 6) is 0.100. The van der Waals surface area contributed by atoms with Crippen molar-refractivity contribution in [3.05, 3.63) is 29.8 Å². The summed E-state index contributed by atoms with van der Waals surface area (Å²) in [6.07, 6.45) is 0.849. The zero-order valence-electron chi connectivity index (χ0n) is 16.4. The Hall–Kier alpha value is -1.33. The van der Waals surface area contributed by atoms with Gasteiger partial charge in [-0.25, -0.2) is 0 Å². The lowest BCUT2D eigenvalue weighted by atomic mass is 9.78. The Balaban J connectivity index is 1.71. The SMILES string of the molecule is CC(C)(C)OC(=O)C1CC1c1cccc(B2OC(C)(C)C(C)(C)O2)c1. The number of carbonyl (C=O) groups is 1. The van der Waals surface area contributed by atoms with Crippen molar-refractivity contribution >= 4 is 18.6 Å². The molecule has 1 aliphatic heterocycles. The molecule has 2 fully saturated rings. The second kappa shape index (κ2) is 5.85. The number of carbonyl (C=O) groups excluding carboxylic acids is 1. The molecule has 1 aromatic rings. The van der Waals surface area contributed by atoms with E-state index in [1.165, 1.54) is 0 Å². The Morgan fingerprint density at radius 1 is 1.16 bits per heavy atom. The van der Waals surface area contributed by atoms with E-state index < -0.39 is 5.60 Å². The molecule has 4 nitrogen and oxygen atoms in total. The van der Waals surface area contributed by atoms with Crippen LogP contribution < -0.4 is 5.46 Å². The number of esters is 1. The lowest BCUT2D eigenvalue weighted by Crippen LogP contribution is -2.41. The van der Waals surface area contributed by atoms with Gasteiger partial charge in [0, 0.05) is 0 Å². The second-order valence-electron chi connectivity index (χ2n) is 9.24. The summed E-state index contributed by atoms with van der Waals surface area (Å²) in [5, 5.41) is 0. The highest BCUT2D eigenvalue weighted by molar-refractivity contribution is 6.62. The first-order valence-corrected chi connectivity index (χ1v) is 9.08. The van der Waals surface area contributed by atoms with Crippen LogP contribution in [0.3, 0.4) is 0 Å². The third kappa shape index (κ3) is 3.77. The van der Waals surface area contributed by atoms with E-state index in [1.54, 1.807) is 0 Å². The Labute approximate surface area is 151 Å². The number of ether oxygens (including phenoxy) is 1. The molecule has 1 aliphatic carbocycles. The van der Waals surface area contributed by atoms with E-state index in [2.05, 4.69) is 39.8 Å². The van der Waals surface area contributed by atoms with Crippen molar-refractivity contribution < 1.29 is 18.8 Å². The molecule has 2 atom stereocenters. The van der Waals surface area contributed by atoms with Gasteiger partial charge in [-0.1, -0.05) is 24.3 Å². The molecule has 0 amide bonds. The minimum atomic E-state index is -0.436. The standard InChI is InChI=1S/C20H29BO4/c1-18(2,3)23-17(22)16-12-15(16)13-9-8-10-14(11-13)21-24-19(4,5)20(6,7)25-21/h8-11,15-16H,12H2,1-7H3. The van der Waals surface area contributed by atoms with Crippen molar-refractivity contribution in [2.24, 2.45) is 5.92 Å². The van der Waals surface area contributed by atoms with Gasteiger partial charge in [-0.3, -0.25) is 4.79 Å². The molecule has 136 valence electrons. The van der Waals surface area contributed by atoms with Gasteiger partial charge in [-0.2, -0.15) is 0 Å². The van der Waals surface area contributed by atoms with Crippen LogP contribution in [0.4, 0.5) is 0 Å². The highest BCUT2D eigenvalue weighted by Crippen LogP contribution is 2.48. The van der Waals surface area contributed by atoms with E-state index in [0.717, 1.165) is 17.4 Å². The molecule has 0 aromatic heterocycles. The molecular weight excluding hydrogens is 315 g/mol. The van der Waals surface area contributed by atoms with Gasteiger partial charge in [0.05, 0.1) is 17.1 Å². The first kappa shape index (κ1) is 18.5. The van der Waals surface area contributed by atoms with E-state index in [9.17, 15) is 4.79 Å². The van der Waals surface area contributed by atoms with Crippen LogP contribution in [0, 0.1) is 5.92 Å². The Kier molecular flexibility index (Phi) is 4.32. The molecule has 1 heterocycles. The van der Waals surface area contributed by atoms with Crippen LogP contribution >= 0.6 is 0 Å². The summed E-state index contributed by atoms with van der Waals surface area (Å²) in [5.41, 5.74) is 1.02. The quantitative estimate of drug-likeness (QED) is 0.623. The summed E-state index contributed by atoms with van der Waals surface area (Å²) < 4.78 is 17.8. The predicted molar refractivity (Wildman–Crippen MR) is 98.9 cm³/mol. The molecule has 0 N–H and O–H groups in total. The molecule has 5 heteroatoms. The Morgan fingerprint density at radius 2 is 1.76 bits per heavy atom. The first-order valence-electron chi connectivity index (χ1n) is 9.08. The van der Waals surface area contributed by atoms with Gasteiger partial charge in [0.15, 0.2) is 0 Å². The maximum atomic E-state index is 12.2. The molecule has 3 rings (SSSR count). The molecular formula is C20H29BO4. The smallest absolute Gasteiger partial charge is 0.460 e. The zero-order valence-corrected chi connectivity index (χ0v) is 16.4. The predicted octanol–water partition coefficient (Wildman–Crippen LogP) is 3.43. The number of hydrogen-bond donors (Lipinski definition) is 0. The molecule has 2 aliphatic rings. The van der Waals surface area contributed by atoms with E-state index in [-0.39, 0.29) is 36.1 Å². The van der Waals surface area contributed by atoms with Crippen molar-refractivity contribution in [3.8, 4) is 0 Å². The molecule has 1 saturated heterocycles. The molecule has 0 bridgehead atoms. The van der Waals surface area contributed by atoms with E-state index >= 15 is 0 Å². The third-order valence-electron chi connectivity index (χ3n) is 5.36. The summed E-state index contributed by atoms with van der Waals surface area (Å²) in [6.45, 7) is 13.9. The minimum absolute atomic E-state index is 0.0345. The maximum Gasteiger partial charge on any atom is 0.494 e. The minimum Gasteiger partial charge on any atom is -0.460 e. The molecule has 0 radical (unpaired) electrons. The zero-order chi connectivity index (χ0) is 18.6. The third-order valence-corrected chi connectivity index (χ3v) is 5.36. The van der Waals surface area contributed by atoms with Crippen LogP contribution in [0.1, 0.15) is 66.4 Å². The monoisotopic (exact) mass is 344 g/mol. The van der Waals surface area contributed by atoms with Gasteiger partial charge in [-0.15, -0.1) is 0 Å². The average molecular weight is 344 g/mol. The van der Waals surface area contributed by atoms with Gasteiger partial charge in [-0.05, 0) is 71.8 Å². The molecule has 2 unspecified atom stereocenters. The van der Waals surface area contributed by atoms with Crippen LogP contribution in [-0.4, -0.2) is 29.9 Å². The van der Waals surface area contributed by atoms with Crippen molar-refractivity contribution in [1.29, 1.82) is 0 Å². The molecule has 1 saturated carbocycles. The van der Waals surface area contributed by atoms with Gasteiger partial charge in [0.1, 0.15) is 5.60 Å². The summed E-state index contributed by atoms with van der Waals surface area (Å²) in [6, 6.07) is 8.22. The summed E-state index contributed by atoms with van der Waals surface area (Å²) >= 11 is 0. The van der Waals surface area contributed by atoms with E-state index in [0.29, 0.717) is 0 Å². The normalized spacial score (nSPS) is 27.2. The van der Waals surface area contributed by atoms with Crippen LogP contribution in [0.2, 0.25) is 0 Å². The Morgan fingerprint density at radius 3 is 2.32 bits per heavy atom. The summed E-state index contributed by atoms with van der Waals surface area (Å²) in [7, 11) is -0.372. The van der Waals surface area contributed by atoms with Crippen molar-refractivity contribution in [2.75, 3.05) is 0 Å². The van der Waals surface area contributed by atoms with Crippen LogP contribution in [0.5, 0.6) is 0 Å². The molecule has 1 aromatic carbocycles. The Bertz CT molecular complexity index is 659. The number of benzene rings is 1. The largest absolute Gasteiger partial charge is 0.494 e. The fourth-order valence-corrected chi connectivity index (χ4v) is 3.12. The highest BCUT2D eigenvalue weighted by Gasteiger charge is 2.52. The van der Waals surface area contributed by atoms with Crippen LogP contribution in [0.15, 0.2) is 24.3 Å². The van der Waals surface area contributed by atoms with Gasteiger partial charge in [0.2, 0.25) is 0 Å².